The fraction of sp³-hybridized carbons (Fsp3) is 0.100. The van der Waals surface area contributed by atoms with Crippen molar-refractivity contribution in [3.05, 3.63) is 85.0 Å². The highest BCUT2D eigenvalue weighted by atomic mass is 79.9. The number of nitrogens with one attached hydrogen (secondary N) is 2. The topological polar surface area (TPSA) is 117 Å². The van der Waals surface area contributed by atoms with Crippen LogP contribution < -0.4 is 16.7 Å². The van der Waals surface area contributed by atoms with Gasteiger partial charge in [-0.3, -0.25) is 18.9 Å². The number of H-pyrrole nitrogens is 1. The van der Waals surface area contributed by atoms with E-state index in [9.17, 15) is 14.7 Å². The summed E-state index contributed by atoms with van der Waals surface area (Å²) in [6, 6.07) is 14.4. The molecule has 0 atom stereocenters. The highest BCUT2D eigenvalue weighted by Gasteiger charge is 2.17. The number of rotatable bonds is 5. The van der Waals surface area contributed by atoms with Gasteiger partial charge in [-0.1, -0.05) is 40.2 Å². The predicted octanol–water partition coefficient (Wildman–Crippen LogP) is 2.39. The number of imidazole rings is 1. The van der Waals surface area contributed by atoms with E-state index in [1.54, 1.807) is 28.8 Å². The minimum atomic E-state index is -0.552. The number of hydrazone groups is 1. The Morgan fingerprint density at radius 2 is 2.03 bits per heavy atom. The van der Waals surface area contributed by atoms with Gasteiger partial charge in [0.15, 0.2) is 11.2 Å². The van der Waals surface area contributed by atoms with Crippen molar-refractivity contribution in [3.8, 4) is 5.75 Å². The SMILES string of the molecule is Cn1c(=O)[nH]c(=O)c2c1nc(N/N=C\c1ccccc1O)n2Cc1cccc(Br)c1. The van der Waals surface area contributed by atoms with E-state index in [0.717, 1.165) is 10.0 Å². The summed E-state index contributed by atoms with van der Waals surface area (Å²) in [5.74, 6) is 0.368. The van der Waals surface area contributed by atoms with E-state index in [1.807, 2.05) is 24.3 Å². The van der Waals surface area contributed by atoms with Gasteiger partial charge in [0.2, 0.25) is 5.95 Å². The van der Waals surface area contributed by atoms with Crippen LogP contribution in [0.1, 0.15) is 11.1 Å². The molecule has 2 aromatic heterocycles. The molecule has 30 heavy (non-hydrogen) atoms. The van der Waals surface area contributed by atoms with E-state index in [2.05, 4.69) is 36.4 Å². The molecule has 152 valence electrons. The minimum Gasteiger partial charge on any atom is -0.507 e. The van der Waals surface area contributed by atoms with Crippen molar-refractivity contribution in [2.45, 2.75) is 6.54 Å². The van der Waals surface area contributed by atoms with Crippen LogP contribution in [0.4, 0.5) is 5.95 Å². The maximum atomic E-state index is 12.5. The third-order valence-corrected chi connectivity index (χ3v) is 5.03. The Balaban J connectivity index is 1.80. The molecule has 4 rings (SSSR count). The van der Waals surface area contributed by atoms with Crippen molar-refractivity contribution in [3.63, 3.8) is 0 Å². The number of phenolic OH excluding ortho intramolecular Hbond substituents is 1. The molecular formula is C20H17BrN6O3. The fourth-order valence-corrected chi connectivity index (χ4v) is 3.49. The number of benzene rings is 2. The Bertz CT molecular complexity index is 1390. The molecule has 0 aliphatic rings. The van der Waals surface area contributed by atoms with Crippen LogP contribution in [-0.4, -0.2) is 30.4 Å². The van der Waals surface area contributed by atoms with Crippen molar-refractivity contribution >= 4 is 39.3 Å². The van der Waals surface area contributed by atoms with Gasteiger partial charge in [-0.15, -0.1) is 0 Å². The van der Waals surface area contributed by atoms with Crippen molar-refractivity contribution in [1.82, 2.24) is 19.1 Å². The zero-order valence-electron chi connectivity index (χ0n) is 15.8. The maximum Gasteiger partial charge on any atom is 0.329 e. The molecule has 10 heteroatoms. The van der Waals surface area contributed by atoms with Gasteiger partial charge in [0.25, 0.3) is 5.56 Å². The average molecular weight is 469 g/mol. The Morgan fingerprint density at radius 3 is 2.80 bits per heavy atom. The zero-order chi connectivity index (χ0) is 21.3. The number of fused-ring (bicyclic) bond motifs is 1. The van der Waals surface area contributed by atoms with Crippen molar-refractivity contribution in [1.29, 1.82) is 0 Å². The highest BCUT2D eigenvalue weighted by Crippen LogP contribution is 2.20. The number of hydrogen-bond donors (Lipinski definition) is 3. The summed E-state index contributed by atoms with van der Waals surface area (Å²) in [5, 5.41) is 14.0. The average Bonchev–Trinajstić information content (AvgIpc) is 3.07. The molecule has 0 bridgehead atoms. The summed E-state index contributed by atoms with van der Waals surface area (Å²) in [7, 11) is 1.53. The van der Waals surface area contributed by atoms with Crippen molar-refractivity contribution in [2.24, 2.45) is 12.1 Å². The fourth-order valence-electron chi connectivity index (χ4n) is 3.05. The quantitative estimate of drug-likeness (QED) is 0.307. The number of nitrogens with zero attached hydrogens (tertiary/aromatic N) is 4. The molecule has 0 fully saturated rings. The molecular weight excluding hydrogens is 452 g/mol. The number of aromatic nitrogens is 4. The first-order valence-electron chi connectivity index (χ1n) is 8.95. The van der Waals surface area contributed by atoms with E-state index in [0.29, 0.717) is 12.1 Å². The van der Waals surface area contributed by atoms with E-state index < -0.39 is 11.2 Å². The van der Waals surface area contributed by atoms with Crippen LogP contribution in [0.2, 0.25) is 0 Å². The van der Waals surface area contributed by atoms with E-state index in [4.69, 9.17) is 0 Å². The summed E-state index contributed by atoms with van der Waals surface area (Å²) < 4.78 is 3.82. The second kappa shape index (κ2) is 7.99. The van der Waals surface area contributed by atoms with Crippen LogP contribution in [0.15, 0.2) is 67.7 Å². The second-order valence-electron chi connectivity index (χ2n) is 6.57. The normalized spacial score (nSPS) is 11.4. The van der Waals surface area contributed by atoms with Crippen LogP contribution in [-0.2, 0) is 13.6 Å². The largest absolute Gasteiger partial charge is 0.507 e. The van der Waals surface area contributed by atoms with Crippen LogP contribution >= 0.6 is 15.9 Å². The van der Waals surface area contributed by atoms with Crippen LogP contribution in [0.3, 0.4) is 0 Å². The number of anilines is 1. The van der Waals surface area contributed by atoms with Crippen LogP contribution in [0, 0.1) is 0 Å². The number of hydrogen-bond acceptors (Lipinski definition) is 6. The number of halogens is 1. The summed E-state index contributed by atoms with van der Waals surface area (Å²) in [6.45, 7) is 0.325. The molecule has 9 nitrogen and oxygen atoms in total. The zero-order valence-corrected chi connectivity index (χ0v) is 17.4. The van der Waals surface area contributed by atoms with Crippen LogP contribution in [0.5, 0.6) is 5.75 Å². The highest BCUT2D eigenvalue weighted by molar-refractivity contribution is 9.10. The van der Waals surface area contributed by atoms with Crippen LogP contribution in [0.25, 0.3) is 11.2 Å². The standard InChI is InChI=1S/C20H17BrN6O3/c1-26-17-16(18(29)24-20(26)30)27(11-12-5-4-7-14(21)9-12)19(23-17)25-22-10-13-6-2-3-8-15(13)28/h2-10,28H,11H2,1H3,(H,23,25)(H,24,29,30)/b22-10-. The van der Waals surface area contributed by atoms with E-state index in [1.165, 1.54) is 17.8 Å². The Hall–Kier alpha value is -3.66. The monoisotopic (exact) mass is 468 g/mol. The van der Waals surface area contributed by atoms with Gasteiger partial charge in [-0.05, 0) is 29.8 Å². The minimum absolute atomic E-state index is 0.0875. The predicted molar refractivity (Wildman–Crippen MR) is 118 cm³/mol. The lowest BCUT2D eigenvalue weighted by Crippen LogP contribution is -2.29. The smallest absolute Gasteiger partial charge is 0.329 e. The molecule has 3 N–H and O–H groups in total. The molecule has 0 amide bonds. The first-order chi connectivity index (χ1) is 14.4. The van der Waals surface area contributed by atoms with E-state index in [-0.39, 0.29) is 22.9 Å². The Labute approximate surface area is 178 Å². The lowest BCUT2D eigenvalue weighted by Gasteiger charge is -2.09. The molecule has 0 unspecified atom stereocenters. The van der Waals surface area contributed by atoms with Gasteiger partial charge in [0.05, 0.1) is 12.8 Å². The van der Waals surface area contributed by atoms with Crippen molar-refractivity contribution in [2.75, 3.05) is 5.43 Å². The van der Waals surface area contributed by atoms with Crippen molar-refractivity contribution < 1.29 is 5.11 Å². The number of aromatic hydroxyl groups is 1. The number of para-hydroxylation sites is 1. The molecule has 0 saturated heterocycles. The summed E-state index contributed by atoms with van der Waals surface area (Å²) in [4.78, 5) is 31.2. The lowest BCUT2D eigenvalue weighted by molar-refractivity contribution is 0.474. The molecule has 4 aromatic rings. The molecule has 0 aliphatic carbocycles. The van der Waals surface area contributed by atoms with E-state index >= 15 is 0 Å². The van der Waals surface area contributed by atoms with Gasteiger partial charge in [0, 0.05) is 17.1 Å². The molecule has 2 aromatic carbocycles. The van der Waals surface area contributed by atoms with Gasteiger partial charge in [-0.2, -0.15) is 10.1 Å². The van der Waals surface area contributed by atoms with Gasteiger partial charge >= 0.3 is 5.69 Å². The molecule has 0 saturated carbocycles. The lowest BCUT2D eigenvalue weighted by atomic mass is 10.2. The molecule has 0 spiro atoms. The molecule has 0 aliphatic heterocycles. The third kappa shape index (κ3) is 3.77. The van der Waals surface area contributed by atoms with Gasteiger partial charge in [-0.25, -0.2) is 10.2 Å². The number of aromatic amines is 1. The number of aryl methyl sites for hydroxylation is 1. The molecule has 2 heterocycles. The first-order valence-corrected chi connectivity index (χ1v) is 9.74. The van der Waals surface area contributed by atoms with Gasteiger partial charge in [0.1, 0.15) is 5.75 Å². The summed E-state index contributed by atoms with van der Waals surface area (Å²) >= 11 is 3.44. The second-order valence-corrected chi connectivity index (χ2v) is 7.49. The summed E-state index contributed by atoms with van der Waals surface area (Å²) in [6.07, 6.45) is 1.45. The summed E-state index contributed by atoms with van der Waals surface area (Å²) in [5.41, 5.74) is 3.65. The first kappa shape index (κ1) is 19.6. The Kier molecular flexibility index (Phi) is 5.23. The number of phenols is 1. The third-order valence-electron chi connectivity index (χ3n) is 4.54. The maximum absolute atomic E-state index is 12.5. The Morgan fingerprint density at radius 1 is 1.23 bits per heavy atom. The molecule has 0 radical (unpaired) electrons. The van der Waals surface area contributed by atoms with Gasteiger partial charge < -0.3 is 5.11 Å².